The molecule has 0 radical (unpaired) electrons. The van der Waals surface area contributed by atoms with E-state index < -0.39 is 11.6 Å². The Hall–Kier alpha value is -1.45. The van der Waals surface area contributed by atoms with E-state index in [-0.39, 0.29) is 11.7 Å². The number of aldehydes is 1. The van der Waals surface area contributed by atoms with Crippen LogP contribution < -0.4 is 4.74 Å². The molecule has 1 saturated carbocycles. The van der Waals surface area contributed by atoms with Gasteiger partial charge >= 0.3 is 0 Å². The summed E-state index contributed by atoms with van der Waals surface area (Å²) in [5.41, 5.74) is 0. The van der Waals surface area contributed by atoms with Crippen molar-refractivity contribution in [3.63, 3.8) is 0 Å². The summed E-state index contributed by atoms with van der Waals surface area (Å²) in [6.07, 6.45) is 4.54. The average Bonchev–Trinajstić information content (AvgIpc) is 2.41. The van der Waals surface area contributed by atoms with Crippen LogP contribution in [0.25, 0.3) is 0 Å². The molecule has 2 rings (SSSR count). The molecular weight excluding hydrogens is 238 g/mol. The SMILES string of the molecule is O=CC1CCC(COc2cccc(F)c2F)CC1. The number of hydrogen-bond acceptors (Lipinski definition) is 2. The van der Waals surface area contributed by atoms with Gasteiger partial charge in [0, 0.05) is 5.92 Å². The second-order valence-corrected chi connectivity index (χ2v) is 4.78. The lowest BCUT2D eigenvalue weighted by molar-refractivity contribution is -0.112. The summed E-state index contributed by atoms with van der Waals surface area (Å²) in [6, 6.07) is 3.92. The van der Waals surface area contributed by atoms with Crippen LogP contribution in [0.5, 0.6) is 5.75 Å². The third-order valence-corrected chi connectivity index (χ3v) is 3.47. The predicted octanol–water partition coefficient (Wildman–Crippen LogP) is 3.35. The minimum atomic E-state index is -0.931. The largest absolute Gasteiger partial charge is 0.490 e. The van der Waals surface area contributed by atoms with Crippen molar-refractivity contribution in [3.8, 4) is 5.75 Å². The maximum Gasteiger partial charge on any atom is 0.200 e. The van der Waals surface area contributed by atoms with E-state index in [1.807, 2.05) is 0 Å². The Bertz CT molecular complexity index is 412. The monoisotopic (exact) mass is 254 g/mol. The summed E-state index contributed by atoms with van der Waals surface area (Å²) in [5, 5.41) is 0. The maximum atomic E-state index is 13.3. The third kappa shape index (κ3) is 3.06. The second-order valence-electron chi connectivity index (χ2n) is 4.78. The van der Waals surface area contributed by atoms with Crippen molar-refractivity contribution in [3.05, 3.63) is 29.8 Å². The highest BCUT2D eigenvalue weighted by Crippen LogP contribution is 2.28. The van der Waals surface area contributed by atoms with E-state index in [9.17, 15) is 13.6 Å². The minimum Gasteiger partial charge on any atom is -0.490 e. The first-order valence-corrected chi connectivity index (χ1v) is 6.23. The number of ether oxygens (including phenoxy) is 1. The molecule has 0 saturated heterocycles. The van der Waals surface area contributed by atoms with Gasteiger partial charge in [-0.1, -0.05) is 6.07 Å². The van der Waals surface area contributed by atoms with Crippen LogP contribution in [0.3, 0.4) is 0 Å². The first-order valence-electron chi connectivity index (χ1n) is 6.23. The van der Waals surface area contributed by atoms with Crippen LogP contribution in [0.2, 0.25) is 0 Å². The highest BCUT2D eigenvalue weighted by atomic mass is 19.2. The first kappa shape index (κ1) is 13.0. The van der Waals surface area contributed by atoms with Crippen LogP contribution in [0, 0.1) is 23.5 Å². The predicted molar refractivity (Wildman–Crippen MR) is 63.4 cm³/mol. The van der Waals surface area contributed by atoms with Crippen LogP contribution in [-0.2, 0) is 4.79 Å². The van der Waals surface area contributed by atoms with Gasteiger partial charge in [-0.2, -0.15) is 4.39 Å². The van der Waals surface area contributed by atoms with Gasteiger partial charge in [-0.05, 0) is 43.7 Å². The van der Waals surface area contributed by atoms with Crippen LogP contribution >= 0.6 is 0 Å². The number of benzene rings is 1. The first-order chi connectivity index (χ1) is 8.70. The fraction of sp³-hybridized carbons (Fsp3) is 0.500. The lowest BCUT2D eigenvalue weighted by Crippen LogP contribution is -2.20. The molecule has 0 spiro atoms. The van der Waals surface area contributed by atoms with Gasteiger partial charge in [-0.3, -0.25) is 0 Å². The molecule has 0 bridgehead atoms. The molecule has 0 aliphatic heterocycles. The fourth-order valence-corrected chi connectivity index (χ4v) is 2.29. The van der Waals surface area contributed by atoms with Gasteiger partial charge in [0.2, 0.25) is 5.82 Å². The lowest BCUT2D eigenvalue weighted by atomic mass is 9.83. The normalized spacial score (nSPS) is 23.7. The molecule has 0 amide bonds. The zero-order chi connectivity index (χ0) is 13.0. The molecule has 1 aromatic carbocycles. The van der Waals surface area contributed by atoms with Crippen LogP contribution in [0.1, 0.15) is 25.7 Å². The van der Waals surface area contributed by atoms with E-state index in [2.05, 4.69) is 0 Å². The molecule has 98 valence electrons. The summed E-state index contributed by atoms with van der Waals surface area (Å²) in [4.78, 5) is 10.6. The highest BCUT2D eigenvalue weighted by molar-refractivity contribution is 5.53. The van der Waals surface area contributed by atoms with Crippen molar-refractivity contribution in [2.24, 2.45) is 11.8 Å². The standard InChI is InChI=1S/C14H16F2O2/c15-12-2-1-3-13(14(12)16)18-9-11-6-4-10(8-17)5-7-11/h1-3,8,10-11H,4-7,9H2. The summed E-state index contributed by atoms with van der Waals surface area (Å²) in [5.74, 6) is -1.38. The van der Waals surface area contributed by atoms with Gasteiger partial charge < -0.3 is 9.53 Å². The van der Waals surface area contributed by atoms with E-state index in [0.717, 1.165) is 38.0 Å². The molecule has 0 atom stereocenters. The quantitative estimate of drug-likeness (QED) is 0.770. The molecule has 4 heteroatoms. The maximum absolute atomic E-state index is 13.3. The topological polar surface area (TPSA) is 26.3 Å². The highest BCUT2D eigenvalue weighted by Gasteiger charge is 2.21. The zero-order valence-electron chi connectivity index (χ0n) is 10.1. The van der Waals surface area contributed by atoms with Gasteiger partial charge in [0.15, 0.2) is 11.6 Å². The zero-order valence-corrected chi connectivity index (χ0v) is 10.1. The number of carbonyl (C=O) groups excluding carboxylic acids is 1. The summed E-state index contributed by atoms with van der Waals surface area (Å²) in [6.45, 7) is 0.381. The van der Waals surface area contributed by atoms with Crippen LogP contribution in [-0.4, -0.2) is 12.9 Å². The molecule has 1 aromatic rings. The van der Waals surface area contributed by atoms with E-state index in [1.165, 1.54) is 12.1 Å². The van der Waals surface area contributed by atoms with Gasteiger partial charge in [-0.25, -0.2) is 4.39 Å². The molecule has 18 heavy (non-hydrogen) atoms. The molecule has 0 aromatic heterocycles. The Morgan fingerprint density at radius 1 is 1.22 bits per heavy atom. The van der Waals surface area contributed by atoms with Crippen molar-refractivity contribution in [2.75, 3.05) is 6.61 Å². The molecule has 0 N–H and O–H groups in total. The Kier molecular flexibility index (Phi) is 4.28. The summed E-state index contributed by atoms with van der Waals surface area (Å²) < 4.78 is 31.6. The van der Waals surface area contributed by atoms with Gasteiger partial charge in [0.1, 0.15) is 6.29 Å². The molecule has 1 fully saturated rings. The van der Waals surface area contributed by atoms with E-state index in [4.69, 9.17) is 4.74 Å². The van der Waals surface area contributed by atoms with Crippen LogP contribution in [0.4, 0.5) is 8.78 Å². The lowest BCUT2D eigenvalue weighted by Gasteiger charge is -2.25. The summed E-state index contributed by atoms with van der Waals surface area (Å²) >= 11 is 0. The van der Waals surface area contributed by atoms with E-state index in [0.29, 0.717) is 12.5 Å². The fourth-order valence-electron chi connectivity index (χ4n) is 2.29. The van der Waals surface area contributed by atoms with Crippen molar-refractivity contribution in [1.29, 1.82) is 0 Å². The van der Waals surface area contributed by atoms with Gasteiger partial charge in [0.05, 0.1) is 6.61 Å². The van der Waals surface area contributed by atoms with Crippen molar-refractivity contribution < 1.29 is 18.3 Å². The average molecular weight is 254 g/mol. The van der Waals surface area contributed by atoms with Crippen molar-refractivity contribution in [1.82, 2.24) is 0 Å². The smallest absolute Gasteiger partial charge is 0.200 e. The number of halogens is 2. The van der Waals surface area contributed by atoms with Gasteiger partial charge in [0.25, 0.3) is 0 Å². The molecular formula is C14H16F2O2. The number of hydrogen-bond donors (Lipinski definition) is 0. The Morgan fingerprint density at radius 3 is 2.61 bits per heavy atom. The Morgan fingerprint density at radius 2 is 1.94 bits per heavy atom. The van der Waals surface area contributed by atoms with Gasteiger partial charge in [-0.15, -0.1) is 0 Å². The van der Waals surface area contributed by atoms with Crippen molar-refractivity contribution >= 4 is 6.29 Å². The van der Waals surface area contributed by atoms with E-state index in [1.54, 1.807) is 0 Å². The molecule has 0 heterocycles. The van der Waals surface area contributed by atoms with E-state index >= 15 is 0 Å². The molecule has 0 unspecified atom stereocenters. The molecule has 2 nitrogen and oxygen atoms in total. The van der Waals surface area contributed by atoms with Crippen molar-refractivity contribution in [2.45, 2.75) is 25.7 Å². The molecule has 1 aliphatic carbocycles. The summed E-state index contributed by atoms with van der Waals surface area (Å²) in [7, 11) is 0. The molecule has 1 aliphatic rings. The third-order valence-electron chi connectivity index (χ3n) is 3.47. The Balaban J connectivity index is 1.85. The number of rotatable bonds is 4. The second kappa shape index (κ2) is 5.94. The van der Waals surface area contributed by atoms with Crippen LogP contribution in [0.15, 0.2) is 18.2 Å². The minimum absolute atomic E-state index is 0.0347. The Labute approximate surface area is 105 Å². The number of carbonyl (C=O) groups is 1.